The summed E-state index contributed by atoms with van der Waals surface area (Å²) in [6.45, 7) is 0. The Hall–Kier alpha value is -2.23. The van der Waals surface area contributed by atoms with E-state index in [1.807, 2.05) is 30.5 Å². The van der Waals surface area contributed by atoms with Crippen molar-refractivity contribution >= 4 is 18.0 Å². The van der Waals surface area contributed by atoms with E-state index in [1.165, 1.54) is 12.8 Å². The second-order valence-corrected chi connectivity index (χ2v) is 8.11. The average molecular weight is 348 g/mol. The van der Waals surface area contributed by atoms with E-state index in [2.05, 4.69) is 23.2 Å². The van der Waals surface area contributed by atoms with Crippen LogP contribution in [0.5, 0.6) is 0 Å². The number of imide groups is 1. The summed E-state index contributed by atoms with van der Waals surface area (Å²) in [5, 5.41) is 0. The third kappa shape index (κ3) is 2.11. The molecule has 4 heteroatoms. The highest BCUT2D eigenvalue weighted by Crippen LogP contribution is 2.53. The number of aliphatic imine (C=N–C) groups is 1. The quantitative estimate of drug-likeness (QED) is 0.467. The molecule has 3 heterocycles. The normalized spacial score (nSPS) is 36.5. The first-order valence-corrected chi connectivity index (χ1v) is 9.89. The Labute approximate surface area is 154 Å². The highest BCUT2D eigenvalue weighted by Gasteiger charge is 2.65. The minimum atomic E-state index is -1.00. The van der Waals surface area contributed by atoms with E-state index in [0.717, 1.165) is 31.2 Å². The monoisotopic (exact) mass is 348 g/mol. The zero-order valence-corrected chi connectivity index (χ0v) is 14.9. The number of amides is 2. The first-order chi connectivity index (χ1) is 12.7. The largest absolute Gasteiger partial charge is 0.277 e. The predicted octanol–water partition coefficient (Wildman–Crippen LogP) is 3.49. The van der Waals surface area contributed by atoms with E-state index in [0.29, 0.717) is 0 Å². The van der Waals surface area contributed by atoms with Gasteiger partial charge in [-0.05, 0) is 18.4 Å². The fourth-order valence-electron chi connectivity index (χ4n) is 5.45. The van der Waals surface area contributed by atoms with Gasteiger partial charge in [0.1, 0.15) is 0 Å². The van der Waals surface area contributed by atoms with E-state index < -0.39 is 5.54 Å². The predicted molar refractivity (Wildman–Crippen MR) is 99.9 cm³/mol. The summed E-state index contributed by atoms with van der Waals surface area (Å²) >= 11 is 0. The molecule has 4 nitrogen and oxygen atoms in total. The van der Waals surface area contributed by atoms with Gasteiger partial charge in [0.15, 0.2) is 5.54 Å². The molecule has 1 aromatic rings. The molecule has 4 unspecified atom stereocenters. The zero-order valence-electron chi connectivity index (χ0n) is 14.9. The molecular weight excluding hydrogens is 324 g/mol. The van der Waals surface area contributed by atoms with Crippen molar-refractivity contribution in [3.63, 3.8) is 0 Å². The summed E-state index contributed by atoms with van der Waals surface area (Å²) in [5.41, 5.74) is 0.129. The number of rotatable bonds is 2. The van der Waals surface area contributed by atoms with Crippen LogP contribution in [0.4, 0.5) is 0 Å². The van der Waals surface area contributed by atoms with Gasteiger partial charge in [-0.2, -0.15) is 0 Å². The van der Waals surface area contributed by atoms with Crippen molar-refractivity contribution in [1.29, 1.82) is 0 Å². The first-order valence-electron chi connectivity index (χ1n) is 9.89. The maximum atomic E-state index is 13.5. The van der Waals surface area contributed by atoms with Gasteiger partial charge in [0, 0.05) is 24.1 Å². The number of nitrogens with zero attached hydrogens (tertiary/aromatic N) is 2. The van der Waals surface area contributed by atoms with Crippen molar-refractivity contribution in [2.75, 3.05) is 0 Å². The van der Waals surface area contributed by atoms with Gasteiger partial charge in [-0.25, -0.2) is 0 Å². The number of carbonyl (C=O) groups excluding carboxylic acids is 2. The molecule has 2 fully saturated rings. The summed E-state index contributed by atoms with van der Waals surface area (Å²) in [6.07, 6.45) is 12.4. The lowest BCUT2D eigenvalue weighted by atomic mass is 9.63. The van der Waals surface area contributed by atoms with Gasteiger partial charge < -0.3 is 0 Å². The number of dihydropyridines is 1. The topological polar surface area (TPSA) is 49.7 Å². The number of hydrogen-bond donors (Lipinski definition) is 0. The minimum absolute atomic E-state index is 0.00181. The van der Waals surface area contributed by atoms with Crippen LogP contribution < -0.4 is 0 Å². The van der Waals surface area contributed by atoms with E-state index >= 15 is 0 Å². The minimum Gasteiger partial charge on any atom is -0.277 e. The molecule has 4 atom stereocenters. The van der Waals surface area contributed by atoms with Gasteiger partial charge in [0.25, 0.3) is 5.91 Å². The van der Waals surface area contributed by atoms with Crippen LogP contribution in [0, 0.1) is 11.8 Å². The summed E-state index contributed by atoms with van der Waals surface area (Å²) in [5.74, 6) is -0.380. The Bertz CT molecular complexity index is 776. The fourth-order valence-corrected chi connectivity index (χ4v) is 5.45. The molecule has 26 heavy (non-hydrogen) atoms. The van der Waals surface area contributed by atoms with Crippen LogP contribution >= 0.6 is 0 Å². The van der Waals surface area contributed by atoms with Crippen LogP contribution in [-0.4, -0.2) is 34.5 Å². The van der Waals surface area contributed by atoms with Crippen LogP contribution in [0.15, 0.2) is 47.5 Å². The molecule has 3 aliphatic heterocycles. The van der Waals surface area contributed by atoms with E-state index in [9.17, 15) is 9.59 Å². The van der Waals surface area contributed by atoms with Crippen molar-refractivity contribution in [2.45, 2.75) is 56.0 Å². The van der Waals surface area contributed by atoms with Crippen molar-refractivity contribution in [2.24, 2.45) is 16.8 Å². The van der Waals surface area contributed by atoms with Gasteiger partial charge >= 0.3 is 0 Å². The lowest BCUT2D eigenvalue weighted by molar-refractivity contribution is -0.143. The molecule has 0 radical (unpaired) electrons. The Balaban J connectivity index is 1.58. The molecule has 1 saturated heterocycles. The van der Waals surface area contributed by atoms with Crippen LogP contribution in [0.25, 0.3) is 0 Å². The lowest BCUT2D eigenvalue weighted by Crippen LogP contribution is -2.50. The molecule has 2 bridgehead atoms. The fraction of sp³-hybridized carbons (Fsp3) is 0.500. The molecule has 0 aromatic heterocycles. The van der Waals surface area contributed by atoms with E-state index in [-0.39, 0.29) is 35.6 Å². The van der Waals surface area contributed by atoms with Crippen LogP contribution in [0.1, 0.15) is 50.0 Å². The number of hydrogen-bond acceptors (Lipinski definition) is 3. The molecule has 6 rings (SSSR count). The number of carbonyl (C=O) groups is 2. The summed E-state index contributed by atoms with van der Waals surface area (Å²) in [6, 6.07) is 10.2. The second kappa shape index (κ2) is 5.90. The molecule has 1 spiro atoms. The Morgan fingerprint density at radius 3 is 2.38 bits per heavy atom. The van der Waals surface area contributed by atoms with Crippen molar-refractivity contribution < 1.29 is 9.59 Å². The maximum absolute atomic E-state index is 13.5. The summed E-state index contributed by atoms with van der Waals surface area (Å²) < 4.78 is 0. The second-order valence-electron chi connectivity index (χ2n) is 8.11. The first kappa shape index (κ1) is 16.0. The highest BCUT2D eigenvalue weighted by atomic mass is 16.2. The van der Waals surface area contributed by atoms with E-state index in [4.69, 9.17) is 0 Å². The summed E-state index contributed by atoms with van der Waals surface area (Å²) in [4.78, 5) is 33.2. The molecule has 0 N–H and O–H groups in total. The van der Waals surface area contributed by atoms with Gasteiger partial charge in [-0.15, -0.1) is 0 Å². The lowest BCUT2D eigenvalue weighted by Gasteiger charge is -2.41. The molecule has 1 aromatic carbocycles. The highest BCUT2D eigenvalue weighted by molar-refractivity contribution is 6.14. The van der Waals surface area contributed by atoms with Crippen molar-refractivity contribution in [3.05, 3.63) is 48.0 Å². The third-order valence-electron chi connectivity index (χ3n) is 6.72. The number of likely N-dealkylation sites (tertiary alicyclic amines) is 1. The van der Waals surface area contributed by atoms with Gasteiger partial charge in [-0.3, -0.25) is 19.5 Å². The number of benzene rings is 1. The smallest absolute Gasteiger partial charge is 0.262 e. The molecule has 5 aliphatic rings. The standard InChI is InChI=1S/C22H24N2O2/c25-20-19-18(15-8-4-3-5-9-15)16-12-13-22(19,23-14-16)21(26)24(20)17-10-6-1-2-7-11-17/h3-5,8-9,12-14,16-19H,1-2,6-7,10-11H2. The Morgan fingerprint density at radius 2 is 1.73 bits per heavy atom. The maximum Gasteiger partial charge on any atom is 0.262 e. The molecule has 134 valence electrons. The van der Waals surface area contributed by atoms with Crippen molar-refractivity contribution in [3.8, 4) is 0 Å². The molecule has 1 saturated carbocycles. The Morgan fingerprint density at radius 1 is 1.00 bits per heavy atom. The zero-order chi connectivity index (χ0) is 17.7. The summed E-state index contributed by atoms with van der Waals surface area (Å²) in [7, 11) is 0. The number of allylic oxidation sites excluding steroid dienone is 1. The van der Waals surface area contributed by atoms with Gasteiger partial charge in [0.05, 0.1) is 5.92 Å². The van der Waals surface area contributed by atoms with Gasteiger partial charge in [-0.1, -0.05) is 68.2 Å². The Kier molecular flexibility index (Phi) is 3.63. The molecular formula is C22H24N2O2. The van der Waals surface area contributed by atoms with E-state index in [1.54, 1.807) is 4.90 Å². The van der Waals surface area contributed by atoms with Crippen molar-refractivity contribution in [1.82, 2.24) is 4.90 Å². The molecule has 2 amide bonds. The molecule has 2 aliphatic carbocycles. The van der Waals surface area contributed by atoms with Crippen LogP contribution in [-0.2, 0) is 9.59 Å². The SMILES string of the molecule is O=C1C2C(c3ccccc3)C3C=CC2(N=C3)C(=O)N1C1CCCCCC1. The van der Waals surface area contributed by atoms with Crippen LogP contribution in [0.3, 0.4) is 0 Å². The van der Waals surface area contributed by atoms with Crippen LogP contribution in [0.2, 0.25) is 0 Å². The average Bonchev–Trinajstić information content (AvgIpc) is 2.88. The third-order valence-corrected chi connectivity index (χ3v) is 6.72. The van der Waals surface area contributed by atoms with Gasteiger partial charge in [0.2, 0.25) is 5.91 Å².